The van der Waals surface area contributed by atoms with Crippen LogP contribution in [0.5, 0.6) is 0 Å². The fraction of sp³-hybridized carbons (Fsp3) is 1.00. The monoisotopic (exact) mass is 260 g/mol. The molecule has 102 valence electrons. The molecule has 0 saturated heterocycles. The van der Waals surface area contributed by atoms with Crippen LogP contribution in [0.2, 0.25) is 0 Å². The Morgan fingerprint density at radius 3 is 2.29 bits per heavy atom. The summed E-state index contributed by atoms with van der Waals surface area (Å²) in [6, 6.07) is 0. The smallest absolute Gasteiger partial charge is 0.138 e. The summed E-state index contributed by atoms with van der Waals surface area (Å²) in [6.07, 6.45) is 5.90. The number of unbranched alkanes of at least 4 members (excludes halogenated alkanes) is 3. The van der Waals surface area contributed by atoms with E-state index in [2.05, 4.69) is 5.32 Å². The second-order valence-electron chi connectivity index (χ2n) is 3.83. The molecule has 0 aromatic carbocycles. The van der Waals surface area contributed by atoms with Crippen LogP contribution in [0.1, 0.15) is 39.5 Å². The van der Waals surface area contributed by atoms with E-state index in [1.807, 2.05) is 13.8 Å². The van der Waals surface area contributed by atoms with Gasteiger partial charge in [-0.1, -0.05) is 12.8 Å². The number of hydrogen-bond donors (Lipinski definition) is 2. The van der Waals surface area contributed by atoms with Gasteiger partial charge in [0.05, 0.1) is 0 Å². The van der Waals surface area contributed by atoms with E-state index in [1.165, 1.54) is 19.3 Å². The van der Waals surface area contributed by atoms with Crippen LogP contribution in [0.4, 0.5) is 0 Å². The molecule has 0 fully saturated rings. The van der Waals surface area contributed by atoms with Gasteiger partial charge in [0.25, 0.3) is 0 Å². The zero-order valence-corrected chi connectivity index (χ0v) is 12.3. The van der Waals surface area contributed by atoms with Crippen LogP contribution >= 0.6 is 0 Å². The Kier molecular flexibility index (Phi) is 14.2. The second-order valence-corrected chi connectivity index (χ2v) is 5.06. The zero-order valence-electron chi connectivity index (χ0n) is 11.3. The summed E-state index contributed by atoms with van der Waals surface area (Å²) in [4.78, 5) is 0. The molecular formula is C12H28N2O2Si. The molecule has 0 aliphatic heterocycles. The van der Waals surface area contributed by atoms with E-state index in [9.17, 15) is 0 Å². The van der Waals surface area contributed by atoms with Crippen LogP contribution in [-0.2, 0) is 9.47 Å². The molecule has 0 aromatic rings. The first-order valence-corrected chi connectivity index (χ1v) is 8.01. The maximum absolute atomic E-state index is 5.48. The van der Waals surface area contributed by atoms with Gasteiger partial charge in [0.1, 0.15) is 15.4 Å². The summed E-state index contributed by atoms with van der Waals surface area (Å²) in [5, 5.41) is 3.43. The molecule has 5 heteroatoms. The van der Waals surface area contributed by atoms with Gasteiger partial charge in [-0.3, -0.25) is 0 Å². The summed E-state index contributed by atoms with van der Waals surface area (Å²) in [7, 11) is 0.674. The normalized spacial score (nSPS) is 11.3. The minimum Gasteiger partial charge on any atom is -0.357 e. The molecule has 0 heterocycles. The predicted molar refractivity (Wildman–Crippen MR) is 73.2 cm³/mol. The van der Waals surface area contributed by atoms with E-state index in [0.717, 1.165) is 38.9 Å². The van der Waals surface area contributed by atoms with Gasteiger partial charge in [-0.2, -0.15) is 0 Å². The maximum Gasteiger partial charge on any atom is 0.138 e. The summed E-state index contributed by atoms with van der Waals surface area (Å²) >= 11 is 0. The Labute approximate surface area is 108 Å². The number of hydrogen-bond acceptors (Lipinski definition) is 4. The Morgan fingerprint density at radius 1 is 1.06 bits per heavy atom. The third-order valence-electron chi connectivity index (χ3n) is 2.34. The molecule has 0 bridgehead atoms. The largest absolute Gasteiger partial charge is 0.357 e. The standard InChI is InChI=1S/C12H28N2O2Si/c1-3-15-12(16-4-2)17-11-14-10-8-6-5-7-9-13/h12,14H,3-11,13H2,1-2H3. The van der Waals surface area contributed by atoms with E-state index in [-0.39, 0.29) is 5.91 Å². The molecule has 17 heavy (non-hydrogen) atoms. The molecule has 0 rings (SSSR count). The van der Waals surface area contributed by atoms with Crippen molar-refractivity contribution in [2.45, 2.75) is 45.4 Å². The van der Waals surface area contributed by atoms with Gasteiger partial charge in [-0.25, -0.2) is 0 Å². The lowest BCUT2D eigenvalue weighted by Gasteiger charge is -2.16. The van der Waals surface area contributed by atoms with Gasteiger partial charge in [-0.15, -0.1) is 0 Å². The van der Waals surface area contributed by atoms with Crippen LogP contribution in [-0.4, -0.2) is 47.9 Å². The molecular weight excluding hydrogens is 232 g/mol. The summed E-state index contributed by atoms with van der Waals surface area (Å²) in [6.45, 7) is 7.35. The van der Waals surface area contributed by atoms with E-state index in [1.54, 1.807) is 0 Å². The summed E-state index contributed by atoms with van der Waals surface area (Å²) in [5.41, 5.74) is 5.44. The summed E-state index contributed by atoms with van der Waals surface area (Å²) < 4.78 is 11.0. The third kappa shape index (κ3) is 12.3. The fourth-order valence-corrected chi connectivity index (χ4v) is 2.52. The Bertz CT molecular complexity index is 144. The van der Waals surface area contributed by atoms with Crippen molar-refractivity contribution in [3.63, 3.8) is 0 Å². The molecule has 0 aromatic heterocycles. The lowest BCUT2D eigenvalue weighted by atomic mass is 10.2. The van der Waals surface area contributed by atoms with Crippen molar-refractivity contribution < 1.29 is 9.47 Å². The lowest BCUT2D eigenvalue weighted by Crippen LogP contribution is -2.33. The zero-order chi connectivity index (χ0) is 12.8. The topological polar surface area (TPSA) is 56.5 Å². The molecule has 0 spiro atoms. The first kappa shape index (κ1) is 17.1. The van der Waals surface area contributed by atoms with E-state index in [0.29, 0.717) is 9.52 Å². The minimum atomic E-state index is -0.0188. The van der Waals surface area contributed by atoms with Gasteiger partial charge in [0, 0.05) is 13.2 Å². The molecule has 0 amide bonds. The van der Waals surface area contributed by atoms with Crippen LogP contribution in [0.3, 0.4) is 0 Å². The van der Waals surface area contributed by atoms with E-state index in [4.69, 9.17) is 15.2 Å². The number of rotatable bonds is 13. The predicted octanol–water partition coefficient (Wildman–Crippen LogP) is 1.11. The number of nitrogens with one attached hydrogen (secondary N) is 1. The van der Waals surface area contributed by atoms with E-state index >= 15 is 0 Å². The highest BCUT2D eigenvalue weighted by molar-refractivity contribution is 6.36. The summed E-state index contributed by atoms with van der Waals surface area (Å²) in [5.74, 6) is -0.0188. The van der Waals surface area contributed by atoms with Crippen LogP contribution < -0.4 is 11.1 Å². The molecule has 4 nitrogen and oxygen atoms in total. The maximum atomic E-state index is 5.48. The van der Waals surface area contributed by atoms with Crippen molar-refractivity contribution in [1.82, 2.24) is 5.32 Å². The SMILES string of the molecule is CCOC(OCC)[Si]CNCCCCCCN. The highest BCUT2D eigenvalue weighted by Crippen LogP contribution is 1.97. The molecule has 0 atom stereocenters. The lowest BCUT2D eigenvalue weighted by molar-refractivity contribution is -0.0828. The highest BCUT2D eigenvalue weighted by atomic mass is 28.2. The third-order valence-corrected chi connectivity index (χ3v) is 3.46. The van der Waals surface area contributed by atoms with Crippen molar-refractivity contribution in [2.24, 2.45) is 5.73 Å². The minimum absolute atomic E-state index is 0.0188. The van der Waals surface area contributed by atoms with Crippen LogP contribution in [0.15, 0.2) is 0 Å². The Balaban J connectivity index is 3.23. The molecule has 3 N–H and O–H groups in total. The fourth-order valence-electron chi connectivity index (χ4n) is 1.46. The average Bonchev–Trinajstić information content (AvgIpc) is 2.33. The van der Waals surface area contributed by atoms with E-state index < -0.39 is 0 Å². The second kappa shape index (κ2) is 14.1. The van der Waals surface area contributed by atoms with Crippen LogP contribution in [0.25, 0.3) is 0 Å². The Hall–Kier alpha value is 0.0569. The quantitative estimate of drug-likeness (QED) is 0.296. The van der Waals surface area contributed by atoms with Crippen LogP contribution in [0, 0.1) is 0 Å². The van der Waals surface area contributed by atoms with Crippen molar-refractivity contribution in [3.8, 4) is 0 Å². The van der Waals surface area contributed by atoms with Gasteiger partial charge in [-0.05, 0) is 45.9 Å². The van der Waals surface area contributed by atoms with Gasteiger partial charge in [0.15, 0.2) is 0 Å². The van der Waals surface area contributed by atoms with Crippen molar-refractivity contribution in [3.05, 3.63) is 0 Å². The first-order chi connectivity index (χ1) is 8.35. The Morgan fingerprint density at radius 2 is 1.71 bits per heavy atom. The molecule has 0 saturated carbocycles. The van der Waals surface area contributed by atoms with Gasteiger partial charge < -0.3 is 20.5 Å². The molecule has 0 unspecified atom stereocenters. The first-order valence-electron chi connectivity index (χ1n) is 6.72. The number of ether oxygens (including phenoxy) is 2. The molecule has 0 aliphatic rings. The van der Waals surface area contributed by atoms with Gasteiger partial charge in [0.2, 0.25) is 0 Å². The van der Waals surface area contributed by atoms with Crippen molar-refractivity contribution >= 4 is 9.52 Å². The van der Waals surface area contributed by atoms with Gasteiger partial charge >= 0.3 is 0 Å². The number of nitrogens with two attached hydrogens (primary N) is 1. The molecule has 2 radical (unpaired) electrons. The molecule has 0 aliphatic carbocycles. The average molecular weight is 260 g/mol. The highest BCUT2D eigenvalue weighted by Gasteiger charge is 2.07. The van der Waals surface area contributed by atoms with Crippen molar-refractivity contribution in [2.75, 3.05) is 32.5 Å². The van der Waals surface area contributed by atoms with Crippen molar-refractivity contribution in [1.29, 1.82) is 0 Å².